The fourth-order valence-electron chi connectivity index (χ4n) is 1.31. The average Bonchev–Trinajstić information content (AvgIpc) is 2.16. The molecule has 0 radical (unpaired) electrons. The second-order valence-electron chi connectivity index (χ2n) is 3.12. The SMILES string of the molecule is Nc1cc(Cl)nc(-c2cccc(Br)c2)c1. The number of hydrogen-bond acceptors (Lipinski definition) is 2. The molecule has 1 heterocycles. The summed E-state index contributed by atoms with van der Waals surface area (Å²) in [6.45, 7) is 0. The van der Waals surface area contributed by atoms with Crippen molar-refractivity contribution in [2.24, 2.45) is 0 Å². The number of aromatic nitrogens is 1. The molecular formula is C11H8BrClN2. The third-order valence-electron chi connectivity index (χ3n) is 1.94. The van der Waals surface area contributed by atoms with E-state index in [2.05, 4.69) is 20.9 Å². The molecular weight excluding hydrogens is 275 g/mol. The highest BCUT2D eigenvalue weighted by Gasteiger charge is 2.02. The molecule has 15 heavy (non-hydrogen) atoms. The summed E-state index contributed by atoms with van der Waals surface area (Å²) in [4.78, 5) is 4.21. The van der Waals surface area contributed by atoms with Gasteiger partial charge in [-0.05, 0) is 24.3 Å². The van der Waals surface area contributed by atoms with E-state index in [0.717, 1.165) is 15.7 Å². The van der Waals surface area contributed by atoms with Crippen LogP contribution >= 0.6 is 27.5 Å². The number of halogens is 2. The molecule has 2 aromatic rings. The Hall–Kier alpha value is -1.06. The molecule has 0 spiro atoms. The molecule has 0 bridgehead atoms. The molecule has 2 nitrogen and oxygen atoms in total. The minimum Gasteiger partial charge on any atom is -0.399 e. The van der Waals surface area contributed by atoms with Crippen molar-refractivity contribution in [2.45, 2.75) is 0 Å². The van der Waals surface area contributed by atoms with Crippen molar-refractivity contribution >= 4 is 33.2 Å². The Kier molecular flexibility index (Phi) is 2.93. The molecule has 0 fully saturated rings. The van der Waals surface area contributed by atoms with Crippen LogP contribution in [0.1, 0.15) is 0 Å². The first-order valence-electron chi connectivity index (χ1n) is 4.34. The zero-order valence-electron chi connectivity index (χ0n) is 7.74. The number of anilines is 1. The first-order valence-corrected chi connectivity index (χ1v) is 5.51. The van der Waals surface area contributed by atoms with Crippen LogP contribution in [0.5, 0.6) is 0 Å². The molecule has 0 saturated heterocycles. The van der Waals surface area contributed by atoms with Gasteiger partial charge in [0.15, 0.2) is 0 Å². The van der Waals surface area contributed by atoms with Crippen molar-refractivity contribution in [1.29, 1.82) is 0 Å². The van der Waals surface area contributed by atoms with Gasteiger partial charge in [-0.25, -0.2) is 4.98 Å². The Labute approximate surface area is 101 Å². The van der Waals surface area contributed by atoms with E-state index in [4.69, 9.17) is 17.3 Å². The normalized spacial score (nSPS) is 10.3. The topological polar surface area (TPSA) is 38.9 Å². The third kappa shape index (κ3) is 2.49. The molecule has 0 aliphatic heterocycles. The minimum absolute atomic E-state index is 0.407. The minimum atomic E-state index is 0.407. The number of benzene rings is 1. The van der Waals surface area contributed by atoms with Crippen LogP contribution in [0, 0.1) is 0 Å². The largest absolute Gasteiger partial charge is 0.399 e. The van der Waals surface area contributed by atoms with E-state index in [9.17, 15) is 0 Å². The Bertz CT molecular complexity index is 479. The van der Waals surface area contributed by atoms with Gasteiger partial charge in [-0.3, -0.25) is 0 Å². The fourth-order valence-corrected chi connectivity index (χ4v) is 1.93. The van der Waals surface area contributed by atoms with Gasteiger partial charge in [0.1, 0.15) is 5.15 Å². The molecule has 1 aromatic carbocycles. The summed E-state index contributed by atoms with van der Waals surface area (Å²) in [6, 6.07) is 11.3. The van der Waals surface area contributed by atoms with Crippen LogP contribution in [0.2, 0.25) is 5.15 Å². The van der Waals surface area contributed by atoms with Crippen molar-refractivity contribution in [3.8, 4) is 11.3 Å². The van der Waals surface area contributed by atoms with Crippen molar-refractivity contribution < 1.29 is 0 Å². The summed E-state index contributed by atoms with van der Waals surface area (Å²) in [5.74, 6) is 0. The highest BCUT2D eigenvalue weighted by atomic mass is 79.9. The number of rotatable bonds is 1. The zero-order valence-corrected chi connectivity index (χ0v) is 10.1. The molecule has 0 amide bonds. The number of nitrogens with two attached hydrogens (primary N) is 1. The third-order valence-corrected chi connectivity index (χ3v) is 2.62. The van der Waals surface area contributed by atoms with Gasteiger partial charge in [-0.2, -0.15) is 0 Å². The van der Waals surface area contributed by atoms with E-state index in [-0.39, 0.29) is 0 Å². The zero-order chi connectivity index (χ0) is 10.8. The summed E-state index contributed by atoms with van der Waals surface area (Å²) in [5, 5.41) is 0.407. The lowest BCUT2D eigenvalue weighted by molar-refractivity contribution is 1.33. The van der Waals surface area contributed by atoms with Crippen LogP contribution in [0.25, 0.3) is 11.3 Å². The van der Waals surface area contributed by atoms with E-state index in [1.54, 1.807) is 12.1 Å². The lowest BCUT2D eigenvalue weighted by Crippen LogP contribution is -1.90. The van der Waals surface area contributed by atoms with E-state index >= 15 is 0 Å². The van der Waals surface area contributed by atoms with Gasteiger partial charge in [0.25, 0.3) is 0 Å². The summed E-state index contributed by atoms with van der Waals surface area (Å²) in [6.07, 6.45) is 0. The molecule has 0 aliphatic carbocycles. The quantitative estimate of drug-likeness (QED) is 0.810. The van der Waals surface area contributed by atoms with Crippen molar-refractivity contribution in [3.63, 3.8) is 0 Å². The summed E-state index contributed by atoms with van der Waals surface area (Å²) in [5.41, 5.74) is 8.08. The van der Waals surface area contributed by atoms with Crippen LogP contribution < -0.4 is 5.73 Å². The van der Waals surface area contributed by atoms with Gasteiger partial charge in [-0.1, -0.05) is 39.7 Å². The van der Waals surface area contributed by atoms with Crippen LogP contribution in [-0.4, -0.2) is 4.98 Å². The van der Waals surface area contributed by atoms with Crippen LogP contribution in [0.4, 0.5) is 5.69 Å². The molecule has 0 saturated carbocycles. The Balaban J connectivity index is 2.54. The number of pyridine rings is 1. The average molecular weight is 284 g/mol. The smallest absolute Gasteiger partial charge is 0.131 e. The molecule has 76 valence electrons. The molecule has 0 aliphatic rings. The predicted octanol–water partition coefficient (Wildman–Crippen LogP) is 3.75. The molecule has 1 aromatic heterocycles. The highest BCUT2D eigenvalue weighted by molar-refractivity contribution is 9.10. The van der Waals surface area contributed by atoms with Gasteiger partial charge in [-0.15, -0.1) is 0 Å². The van der Waals surface area contributed by atoms with E-state index in [0.29, 0.717) is 10.8 Å². The summed E-state index contributed by atoms with van der Waals surface area (Å²) in [7, 11) is 0. The van der Waals surface area contributed by atoms with E-state index in [1.807, 2.05) is 24.3 Å². The van der Waals surface area contributed by atoms with Crippen molar-refractivity contribution in [3.05, 3.63) is 46.0 Å². The highest BCUT2D eigenvalue weighted by Crippen LogP contribution is 2.24. The maximum absolute atomic E-state index is 5.84. The van der Waals surface area contributed by atoms with Gasteiger partial charge < -0.3 is 5.73 Å². The Morgan fingerprint density at radius 1 is 1.20 bits per heavy atom. The maximum Gasteiger partial charge on any atom is 0.131 e. The maximum atomic E-state index is 5.84. The van der Waals surface area contributed by atoms with Crippen LogP contribution in [0.3, 0.4) is 0 Å². The van der Waals surface area contributed by atoms with Crippen molar-refractivity contribution in [2.75, 3.05) is 5.73 Å². The molecule has 0 unspecified atom stereocenters. The lowest BCUT2D eigenvalue weighted by Gasteiger charge is -2.03. The van der Waals surface area contributed by atoms with Gasteiger partial charge >= 0.3 is 0 Å². The second-order valence-corrected chi connectivity index (χ2v) is 4.42. The van der Waals surface area contributed by atoms with E-state index < -0.39 is 0 Å². The predicted molar refractivity (Wildman–Crippen MR) is 66.8 cm³/mol. The Morgan fingerprint density at radius 2 is 2.00 bits per heavy atom. The Morgan fingerprint density at radius 3 is 2.67 bits per heavy atom. The van der Waals surface area contributed by atoms with Gasteiger partial charge in [0.05, 0.1) is 5.69 Å². The molecule has 4 heteroatoms. The molecule has 2 N–H and O–H groups in total. The number of nitrogen functional groups attached to an aromatic ring is 1. The lowest BCUT2D eigenvalue weighted by atomic mass is 10.1. The first kappa shape index (κ1) is 10.5. The van der Waals surface area contributed by atoms with Gasteiger partial charge in [0.2, 0.25) is 0 Å². The number of nitrogens with zero attached hydrogens (tertiary/aromatic N) is 1. The van der Waals surface area contributed by atoms with E-state index in [1.165, 1.54) is 0 Å². The first-order chi connectivity index (χ1) is 7.15. The fraction of sp³-hybridized carbons (Fsp3) is 0. The van der Waals surface area contributed by atoms with Gasteiger partial charge in [0, 0.05) is 15.7 Å². The monoisotopic (exact) mass is 282 g/mol. The standard InChI is InChI=1S/C11H8BrClN2/c12-8-3-1-2-7(4-8)10-5-9(14)6-11(13)15-10/h1-6H,(H2,14,15). The molecule has 2 rings (SSSR count). The van der Waals surface area contributed by atoms with Crippen LogP contribution in [-0.2, 0) is 0 Å². The summed E-state index contributed by atoms with van der Waals surface area (Å²) >= 11 is 9.24. The number of hydrogen-bond donors (Lipinski definition) is 1. The van der Waals surface area contributed by atoms with Crippen LogP contribution in [0.15, 0.2) is 40.9 Å². The second kappa shape index (κ2) is 4.21. The van der Waals surface area contributed by atoms with Crippen molar-refractivity contribution in [1.82, 2.24) is 4.98 Å². The summed E-state index contributed by atoms with van der Waals surface area (Å²) < 4.78 is 1.00. The molecule has 0 atom stereocenters.